The Balaban J connectivity index is 1.98. The van der Waals surface area contributed by atoms with Crippen molar-refractivity contribution in [3.8, 4) is 0 Å². The Morgan fingerprint density at radius 3 is 3.00 bits per heavy atom. The van der Waals surface area contributed by atoms with E-state index in [-0.39, 0.29) is 17.2 Å². The maximum atomic E-state index is 12.3. The predicted molar refractivity (Wildman–Crippen MR) is 59.9 cm³/mol. The molecule has 0 aromatic rings. The van der Waals surface area contributed by atoms with Crippen LogP contribution in [0.5, 0.6) is 0 Å². The molecule has 5 aliphatic carbocycles. The summed E-state index contributed by atoms with van der Waals surface area (Å²) in [6.45, 7) is 0. The van der Waals surface area contributed by atoms with Gasteiger partial charge in [-0.25, -0.2) is 0 Å². The van der Waals surface area contributed by atoms with Crippen LogP contribution in [0.1, 0.15) is 19.3 Å². The van der Waals surface area contributed by atoms with E-state index in [9.17, 15) is 9.59 Å². The molecule has 0 aromatic heterocycles. The molecule has 0 unspecified atom stereocenters. The first-order valence-corrected chi connectivity index (χ1v) is 6.13. The summed E-state index contributed by atoms with van der Waals surface area (Å²) in [7, 11) is 1.42. The minimum atomic E-state index is -0.649. The fraction of sp³-hybridized carbons (Fsp3) is 0.571. The van der Waals surface area contributed by atoms with Gasteiger partial charge in [0.15, 0.2) is 5.78 Å². The van der Waals surface area contributed by atoms with Crippen LogP contribution in [0.2, 0.25) is 0 Å². The number of rotatable bonds is 1. The number of ether oxygens (including phenoxy) is 1. The second-order valence-corrected chi connectivity index (χ2v) is 5.79. The molecule has 5 aliphatic rings. The Kier molecular flexibility index (Phi) is 1.36. The highest BCUT2D eigenvalue weighted by atomic mass is 16.5. The summed E-state index contributed by atoms with van der Waals surface area (Å²) in [5.41, 5.74) is -1.26. The molecular weight excluding hydrogens is 216 g/mol. The molecule has 2 saturated carbocycles. The smallest absolute Gasteiger partial charge is 0.317 e. The molecule has 4 bridgehead atoms. The fourth-order valence-electron chi connectivity index (χ4n) is 5.18. The molecule has 4 atom stereocenters. The van der Waals surface area contributed by atoms with Crippen LogP contribution in [0.15, 0.2) is 24.3 Å². The first kappa shape index (κ1) is 9.63. The lowest BCUT2D eigenvalue weighted by Gasteiger charge is -2.28. The second-order valence-electron chi connectivity index (χ2n) is 5.79. The topological polar surface area (TPSA) is 43.4 Å². The van der Waals surface area contributed by atoms with Crippen LogP contribution in [0, 0.1) is 22.2 Å². The van der Waals surface area contributed by atoms with Gasteiger partial charge < -0.3 is 4.74 Å². The molecular formula is C14H14O3. The third-order valence-electron chi connectivity index (χ3n) is 5.64. The van der Waals surface area contributed by atoms with Gasteiger partial charge in [-0.15, -0.1) is 0 Å². The Bertz CT molecular complexity index is 518. The lowest BCUT2D eigenvalue weighted by atomic mass is 9.75. The zero-order valence-corrected chi connectivity index (χ0v) is 9.73. The molecule has 0 amide bonds. The average molecular weight is 230 g/mol. The SMILES string of the molecule is COC(=O)[C@@]12C=C[C@H]3C[C@@]14CC=CC(=O)[C@]42C3. The van der Waals surface area contributed by atoms with Crippen LogP contribution in [0.4, 0.5) is 0 Å². The van der Waals surface area contributed by atoms with Gasteiger partial charge in [-0.1, -0.05) is 18.2 Å². The number of carbonyl (C=O) groups excluding carboxylic acids is 2. The summed E-state index contributed by atoms with van der Waals surface area (Å²) >= 11 is 0. The quantitative estimate of drug-likeness (QED) is 0.508. The summed E-state index contributed by atoms with van der Waals surface area (Å²) in [5, 5.41) is 0. The molecule has 0 aromatic carbocycles. The minimum Gasteiger partial charge on any atom is -0.468 e. The van der Waals surface area contributed by atoms with Gasteiger partial charge in [0.05, 0.1) is 12.5 Å². The Morgan fingerprint density at radius 1 is 1.47 bits per heavy atom. The monoisotopic (exact) mass is 230 g/mol. The molecule has 0 aliphatic heterocycles. The number of carbonyl (C=O) groups is 2. The molecule has 0 radical (unpaired) electrons. The van der Waals surface area contributed by atoms with Gasteiger partial charge >= 0.3 is 5.97 Å². The molecule has 3 nitrogen and oxygen atoms in total. The van der Waals surface area contributed by atoms with Gasteiger partial charge in [-0.05, 0) is 31.3 Å². The highest BCUT2D eigenvalue weighted by Gasteiger charge is 2.95. The molecule has 17 heavy (non-hydrogen) atoms. The van der Waals surface area contributed by atoms with Crippen molar-refractivity contribution >= 4 is 11.8 Å². The summed E-state index contributed by atoms with van der Waals surface area (Å²) in [5.74, 6) is 0.398. The number of esters is 1. The average Bonchev–Trinajstić information content (AvgIpc) is 2.75. The van der Waals surface area contributed by atoms with Crippen molar-refractivity contribution in [1.29, 1.82) is 0 Å². The maximum absolute atomic E-state index is 12.3. The van der Waals surface area contributed by atoms with Crippen molar-refractivity contribution in [2.75, 3.05) is 7.11 Å². The van der Waals surface area contributed by atoms with E-state index in [1.54, 1.807) is 6.08 Å². The van der Waals surface area contributed by atoms with Gasteiger partial charge in [-0.2, -0.15) is 0 Å². The van der Waals surface area contributed by atoms with Crippen molar-refractivity contribution in [3.05, 3.63) is 24.3 Å². The molecule has 0 N–H and O–H groups in total. The number of methoxy groups -OCH3 is 1. The number of allylic oxidation sites excluding steroid dienone is 3. The van der Waals surface area contributed by atoms with Crippen LogP contribution >= 0.6 is 0 Å². The first-order chi connectivity index (χ1) is 8.14. The van der Waals surface area contributed by atoms with Crippen LogP contribution in [-0.4, -0.2) is 18.9 Å². The lowest BCUT2D eigenvalue weighted by Crippen LogP contribution is -2.33. The van der Waals surface area contributed by atoms with E-state index in [0.717, 1.165) is 19.3 Å². The van der Waals surface area contributed by atoms with Crippen molar-refractivity contribution in [2.45, 2.75) is 19.3 Å². The van der Waals surface area contributed by atoms with E-state index in [4.69, 9.17) is 4.74 Å². The van der Waals surface area contributed by atoms with Crippen molar-refractivity contribution < 1.29 is 14.3 Å². The normalized spacial score (nSPS) is 52.3. The molecule has 88 valence electrons. The number of hydrogen-bond donors (Lipinski definition) is 0. The summed E-state index contributed by atoms with van der Waals surface area (Å²) in [4.78, 5) is 24.5. The van der Waals surface area contributed by atoms with Gasteiger partial charge in [-0.3, -0.25) is 9.59 Å². The summed E-state index contributed by atoms with van der Waals surface area (Å²) < 4.78 is 4.99. The zero-order chi connectivity index (χ0) is 11.9. The summed E-state index contributed by atoms with van der Waals surface area (Å²) in [6.07, 6.45) is 10.3. The van der Waals surface area contributed by atoms with Gasteiger partial charge in [0.1, 0.15) is 5.41 Å². The van der Waals surface area contributed by atoms with Crippen LogP contribution in [-0.2, 0) is 14.3 Å². The molecule has 5 rings (SSSR count). The van der Waals surface area contributed by atoms with Crippen LogP contribution in [0.3, 0.4) is 0 Å². The van der Waals surface area contributed by atoms with E-state index >= 15 is 0 Å². The number of ketones is 1. The molecule has 0 saturated heterocycles. The van der Waals surface area contributed by atoms with Gasteiger partial charge in [0.25, 0.3) is 0 Å². The first-order valence-electron chi connectivity index (χ1n) is 6.13. The largest absolute Gasteiger partial charge is 0.468 e. The highest BCUT2D eigenvalue weighted by Crippen LogP contribution is 2.91. The zero-order valence-electron chi connectivity index (χ0n) is 9.73. The Hall–Kier alpha value is -1.38. The van der Waals surface area contributed by atoms with Crippen LogP contribution < -0.4 is 0 Å². The fourth-order valence-corrected chi connectivity index (χ4v) is 5.18. The molecule has 2 fully saturated rings. The molecule has 2 spiro atoms. The minimum absolute atomic E-state index is 0.140. The second kappa shape index (κ2) is 2.40. The van der Waals surface area contributed by atoms with Gasteiger partial charge in [0, 0.05) is 5.41 Å². The van der Waals surface area contributed by atoms with E-state index in [1.807, 2.05) is 12.2 Å². The standard InChI is InChI=1S/C14H14O3/c1-17-11(16)13-6-4-9-7-12(13)5-2-3-10(15)14(12,13)8-9/h2-4,6,9H,5,7-8H2,1H3/t9-,12-,13-,14+/m0/s1. The van der Waals surface area contributed by atoms with E-state index in [1.165, 1.54) is 7.11 Å². The van der Waals surface area contributed by atoms with Gasteiger partial charge in [0.2, 0.25) is 0 Å². The lowest BCUT2D eigenvalue weighted by molar-refractivity contribution is -0.149. The molecule has 0 heterocycles. The highest BCUT2D eigenvalue weighted by molar-refractivity contribution is 6.09. The Labute approximate surface area is 99.5 Å². The third kappa shape index (κ3) is 0.634. The van der Waals surface area contributed by atoms with E-state index in [2.05, 4.69) is 6.08 Å². The summed E-state index contributed by atoms with van der Waals surface area (Å²) in [6, 6.07) is 0. The van der Waals surface area contributed by atoms with E-state index in [0.29, 0.717) is 5.92 Å². The number of hydrogen-bond acceptors (Lipinski definition) is 3. The molecule has 3 heteroatoms. The van der Waals surface area contributed by atoms with Crippen molar-refractivity contribution in [1.82, 2.24) is 0 Å². The maximum Gasteiger partial charge on any atom is 0.317 e. The Morgan fingerprint density at radius 2 is 2.29 bits per heavy atom. The third-order valence-corrected chi connectivity index (χ3v) is 5.64. The predicted octanol–water partition coefficient (Wildman–Crippen LogP) is 1.64. The van der Waals surface area contributed by atoms with E-state index < -0.39 is 10.8 Å². The van der Waals surface area contributed by atoms with Crippen molar-refractivity contribution in [2.24, 2.45) is 22.2 Å². The van der Waals surface area contributed by atoms with Crippen molar-refractivity contribution in [3.63, 3.8) is 0 Å². The van der Waals surface area contributed by atoms with Crippen LogP contribution in [0.25, 0.3) is 0 Å².